The van der Waals surface area contributed by atoms with Crippen LogP contribution in [-0.4, -0.2) is 67.3 Å². The van der Waals surface area contributed by atoms with Crippen LogP contribution < -0.4 is 5.32 Å². The summed E-state index contributed by atoms with van der Waals surface area (Å²) < 4.78 is 10.5. The fraction of sp³-hybridized carbons (Fsp3) is 0.700. The maximum Gasteiger partial charge on any atom is 0.340 e. The van der Waals surface area contributed by atoms with Crippen LogP contribution in [0.4, 0.5) is 0 Å². The van der Waals surface area contributed by atoms with Crippen LogP contribution in [0.25, 0.3) is 0 Å². The summed E-state index contributed by atoms with van der Waals surface area (Å²) in [6.45, 7) is 13.8. The van der Waals surface area contributed by atoms with Crippen LogP contribution >= 0.6 is 0 Å². The molecular weight excluding hydrogens is 346 g/mol. The van der Waals surface area contributed by atoms with Gasteiger partial charge in [0.25, 0.3) is 5.91 Å². The van der Waals surface area contributed by atoms with Gasteiger partial charge in [0, 0.05) is 31.4 Å². The molecule has 152 valence electrons. The van der Waals surface area contributed by atoms with Gasteiger partial charge < -0.3 is 19.8 Å². The lowest BCUT2D eigenvalue weighted by atomic mass is 10.0. The molecular formula is C20H33N3O4. The molecule has 1 aromatic rings. The predicted molar refractivity (Wildman–Crippen MR) is 104 cm³/mol. The van der Waals surface area contributed by atoms with Crippen LogP contribution in [0, 0.1) is 19.8 Å². The lowest BCUT2D eigenvalue weighted by molar-refractivity contribution is 0.0124. The fourth-order valence-corrected chi connectivity index (χ4v) is 3.63. The van der Waals surface area contributed by atoms with Gasteiger partial charge in [-0.05, 0) is 38.7 Å². The monoisotopic (exact) mass is 379 g/mol. The number of aromatic amines is 1. The summed E-state index contributed by atoms with van der Waals surface area (Å²) in [5.41, 5.74) is 2.17. The summed E-state index contributed by atoms with van der Waals surface area (Å²) in [4.78, 5) is 30.3. The molecule has 27 heavy (non-hydrogen) atoms. The van der Waals surface area contributed by atoms with Gasteiger partial charge in [0.15, 0.2) is 0 Å². The molecule has 1 atom stereocenters. The van der Waals surface area contributed by atoms with Crippen LogP contribution in [0.5, 0.6) is 0 Å². The quantitative estimate of drug-likeness (QED) is 0.677. The number of H-pyrrole nitrogens is 1. The molecule has 1 aliphatic heterocycles. The Morgan fingerprint density at radius 2 is 1.93 bits per heavy atom. The first-order valence-corrected chi connectivity index (χ1v) is 9.81. The molecule has 2 rings (SSSR count). The number of carbonyl (C=O) groups is 2. The first-order valence-electron chi connectivity index (χ1n) is 9.81. The van der Waals surface area contributed by atoms with E-state index in [0.29, 0.717) is 41.6 Å². The SMILES string of the molecule is CCOC(=O)c1c(C)[nH]c(C(=O)NCC(CC(C)C)N2CCOCC2)c1C. The standard InChI is InChI=1S/C20H33N3O4/c1-6-27-20(25)17-14(4)18(22-15(17)5)19(24)21-12-16(11-13(2)3)23-7-9-26-10-8-23/h13,16,22H,6-12H2,1-5H3,(H,21,24). The molecule has 1 unspecified atom stereocenters. The molecule has 0 aromatic carbocycles. The van der Waals surface area contributed by atoms with Crippen LogP contribution in [0.15, 0.2) is 0 Å². The van der Waals surface area contributed by atoms with Gasteiger partial charge in [-0.25, -0.2) is 4.79 Å². The van der Waals surface area contributed by atoms with E-state index in [-0.39, 0.29) is 11.9 Å². The Morgan fingerprint density at radius 3 is 2.52 bits per heavy atom. The summed E-state index contributed by atoms with van der Waals surface area (Å²) in [6.07, 6.45) is 1.01. The van der Waals surface area contributed by atoms with Crippen LogP contribution in [-0.2, 0) is 9.47 Å². The summed E-state index contributed by atoms with van der Waals surface area (Å²) in [7, 11) is 0. The van der Waals surface area contributed by atoms with Crippen LogP contribution in [0.3, 0.4) is 0 Å². The van der Waals surface area contributed by atoms with Gasteiger partial charge in [-0.2, -0.15) is 0 Å². The van der Waals surface area contributed by atoms with Gasteiger partial charge in [-0.1, -0.05) is 13.8 Å². The highest BCUT2D eigenvalue weighted by molar-refractivity contribution is 6.00. The Morgan fingerprint density at radius 1 is 1.26 bits per heavy atom. The Balaban J connectivity index is 2.06. The summed E-state index contributed by atoms with van der Waals surface area (Å²) in [6, 6.07) is 0.277. The van der Waals surface area contributed by atoms with E-state index in [4.69, 9.17) is 9.47 Å². The number of nitrogens with zero attached hydrogens (tertiary/aromatic N) is 1. The number of amides is 1. The summed E-state index contributed by atoms with van der Waals surface area (Å²) >= 11 is 0. The number of morpholine rings is 1. The molecule has 1 aliphatic rings. The zero-order valence-electron chi connectivity index (χ0n) is 17.2. The second-order valence-electron chi connectivity index (χ2n) is 7.49. The minimum atomic E-state index is -0.395. The van der Waals surface area contributed by atoms with Crippen molar-refractivity contribution in [2.75, 3.05) is 39.5 Å². The average molecular weight is 380 g/mol. The number of aromatic nitrogens is 1. The molecule has 1 amide bonds. The van der Waals surface area contributed by atoms with E-state index in [9.17, 15) is 9.59 Å². The van der Waals surface area contributed by atoms with Crippen molar-refractivity contribution in [2.24, 2.45) is 5.92 Å². The minimum absolute atomic E-state index is 0.187. The molecule has 1 fully saturated rings. The highest BCUT2D eigenvalue weighted by Crippen LogP contribution is 2.19. The average Bonchev–Trinajstić information content (AvgIpc) is 2.93. The third-order valence-corrected chi connectivity index (χ3v) is 4.95. The molecule has 7 heteroatoms. The highest BCUT2D eigenvalue weighted by Gasteiger charge is 2.25. The first kappa shape index (κ1) is 21.4. The van der Waals surface area contributed by atoms with E-state index in [1.54, 1.807) is 20.8 Å². The zero-order valence-corrected chi connectivity index (χ0v) is 17.2. The van der Waals surface area contributed by atoms with E-state index in [1.807, 2.05) is 0 Å². The second kappa shape index (κ2) is 9.90. The van der Waals surface area contributed by atoms with Crippen molar-refractivity contribution in [1.82, 2.24) is 15.2 Å². The van der Waals surface area contributed by atoms with Gasteiger partial charge in [0.05, 0.1) is 25.4 Å². The van der Waals surface area contributed by atoms with Gasteiger partial charge in [-0.15, -0.1) is 0 Å². The normalized spacial score (nSPS) is 16.4. The second-order valence-corrected chi connectivity index (χ2v) is 7.49. The van der Waals surface area contributed by atoms with Crippen molar-refractivity contribution in [3.63, 3.8) is 0 Å². The molecule has 7 nitrogen and oxygen atoms in total. The number of rotatable bonds is 8. The van der Waals surface area contributed by atoms with Gasteiger partial charge in [-0.3, -0.25) is 9.69 Å². The largest absolute Gasteiger partial charge is 0.462 e. The van der Waals surface area contributed by atoms with Crippen molar-refractivity contribution in [2.45, 2.75) is 47.1 Å². The van der Waals surface area contributed by atoms with Crippen molar-refractivity contribution in [1.29, 1.82) is 0 Å². The van der Waals surface area contributed by atoms with E-state index >= 15 is 0 Å². The van der Waals surface area contributed by atoms with E-state index in [1.165, 1.54) is 0 Å². The number of ether oxygens (including phenoxy) is 2. The molecule has 1 aromatic heterocycles. The first-order chi connectivity index (χ1) is 12.8. The predicted octanol–water partition coefficient (Wildman–Crippen LogP) is 2.28. The molecule has 0 spiro atoms. The number of carbonyl (C=O) groups excluding carboxylic acids is 2. The Labute approximate surface area is 161 Å². The van der Waals surface area contributed by atoms with Crippen molar-refractivity contribution < 1.29 is 19.1 Å². The van der Waals surface area contributed by atoms with E-state index in [0.717, 1.165) is 32.7 Å². The van der Waals surface area contributed by atoms with E-state index < -0.39 is 5.97 Å². The molecule has 0 saturated carbocycles. The van der Waals surface area contributed by atoms with Crippen molar-refractivity contribution >= 4 is 11.9 Å². The smallest absolute Gasteiger partial charge is 0.340 e. The van der Waals surface area contributed by atoms with Gasteiger partial charge in [0.1, 0.15) is 5.69 Å². The van der Waals surface area contributed by atoms with Crippen LogP contribution in [0.2, 0.25) is 0 Å². The summed E-state index contributed by atoms with van der Waals surface area (Å²) in [5, 5.41) is 3.05. The number of aryl methyl sites for hydroxylation is 1. The lowest BCUT2D eigenvalue weighted by Gasteiger charge is -2.35. The zero-order chi connectivity index (χ0) is 20.0. The Kier molecular flexibility index (Phi) is 7.86. The summed E-state index contributed by atoms with van der Waals surface area (Å²) in [5.74, 6) is -0.0402. The van der Waals surface area contributed by atoms with Gasteiger partial charge in [0.2, 0.25) is 0 Å². The number of nitrogens with one attached hydrogen (secondary N) is 2. The number of esters is 1. The Bertz CT molecular complexity index is 648. The third kappa shape index (κ3) is 5.56. The van der Waals surface area contributed by atoms with Gasteiger partial charge >= 0.3 is 5.97 Å². The highest BCUT2D eigenvalue weighted by atomic mass is 16.5. The maximum atomic E-state index is 12.7. The number of hydrogen-bond acceptors (Lipinski definition) is 5. The molecule has 1 saturated heterocycles. The third-order valence-electron chi connectivity index (χ3n) is 4.95. The number of hydrogen-bond donors (Lipinski definition) is 2. The molecule has 2 N–H and O–H groups in total. The topological polar surface area (TPSA) is 83.7 Å². The van der Waals surface area contributed by atoms with E-state index in [2.05, 4.69) is 29.0 Å². The minimum Gasteiger partial charge on any atom is -0.462 e. The molecule has 0 radical (unpaired) electrons. The molecule has 2 heterocycles. The Hall–Kier alpha value is -1.86. The van der Waals surface area contributed by atoms with Crippen molar-refractivity contribution in [3.05, 3.63) is 22.5 Å². The van der Waals surface area contributed by atoms with Crippen molar-refractivity contribution in [3.8, 4) is 0 Å². The maximum absolute atomic E-state index is 12.7. The fourth-order valence-electron chi connectivity index (χ4n) is 3.63. The molecule has 0 bridgehead atoms. The lowest BCUT2D eigenvalue weighted by Crippen LogP contribution is -2.49. The van der Waals surface area contributed by atoms with Crippen LogP contribution in [0.1, 0.15) is 59.3 Å². The molecule has 0 aliphatic carbocycles.